The molecule has 6 heteroatoms. The van der Waals surface area contributed by atoms with Gasteiger partial charge in [-0.1, -0.05) is 44.2 Å². The molecule has 1 aromatic rings. The molecule has 0 aromatic heterocycles. The van der Waals surface area contributed by atoms with Crippen molar-refractivity contribution < 1.29 is 24.2 Å². The van der Waals surface area contributed by atoms with Crippen LogP contribution in [0.15, 0.2) is 30.3 Å². The average Bonchev–Trinajstić information content (AvgIpc) is 3.21. The normalized spacial score (nSPS) is 29.4. The number of esters is 1. The number of nitrogens with zero attached hydrogens (tertiary/aromatic N) is 1. The number of likely N-dealkylation sites (tertiary alicyclic amines) is 1. The lowest BCUT2D eigenvalue weighted by molar-refractivity contribution is -0.150. The Labute approximate surface area is 185 Å². The number of carbonyl (C=O) groups is 2. The third-order valence-electron chi connectivity index (χ3n) is 6.48. The Bertz CT molecular complexity index is 792. The first-order chi connectivity index (χ1) is 14.3. The molecule has 5 atom stereocenters. The number of amides is 1. The second-order valence-corrected chi connectivity index (χ2v) is 10.9. The van der Waals surface area contributed by atoms with Crippen molar-refractivity contribution in [3.63, 3.8) is 0 Å². The van der Waals surface area contributed by atoms with Gasteiger partial charge in [-0.3, -0.25) is 9.69 Å². The van der Waals surface area contributed by atoms with Crippen LogP contribution in [-0.2, 0) is 14.3 Å². The number of hydrogen-bond donors (Lipinski definition) is 1. The summed E-state index contributed by atoms with van der Waals surface area (Å²) in [5.74, 6) is -0.487. The maximum atomic E-state index is 13.5. The Hall–Kier alpha value is -2.08. The third kappa shape index (κ3) is 5.05. The highest BCUT2D eigenvalue weighted by Crippen LogP contribution is 2.48. The zero-order valence-electron chi connectivity index (χ0n) is 19.8. The summed E-state index contributed by atoms with van der Waals surface area (Å²) in [5.41, 5.74) is -0.754. The molecule has 0 radical (unpaired) electrons. The summed E-state index contributed by atoms with van der Waals surface area (Å²) in [5, 5.41) is 10.4. The van der Waals surface area contributed by atoms with E-state index in [1.807, 2.05) is 51.1 Å². The molecule has 6 nitrogen and oxygen atoms in total. The topological polar surface area (TPSA) is 76.1 Å². The first kappa shape index (κ1) is 23.6. The highest BCUT2D eigenvalue weighted by Gasteiger charge is 2.54. The molecule has 172 valence electrons. The van der Waals surface area contributed by atoms with Crippen LogP contribution in [0.2, 0.25) is 0 Å². The lowest BCUT2D eigenvalue weighted by atomic mass is 9.83. The van der Waals surface area contributed by atoms with Crippen LogP contribution in [0.4, 0.5) is 4.79 Å². The van der Waals surface area contributed by atoms with Crippen LogP contribution in [0.3, 0.4) is 0 Å². The number of aliphatic hydroxyl groups is 1. The van der Waals surface area contributed by atoms with Gasteiger partial charge in [0.05, 0.1) is 23.6 Å². The molecule has 1 N–H and O–H groups in total. The van der Waals surface area contributed by atoms with E-state index in [4.69, 9.17) is 9.47 Å². The lowest BCUT2D eigenvalue weighted by Gasteiger charge is -2.36. The number of rotatable bonds is 4. The number of carbonyl (C=O) groups excluding carboxylic acids is 2. The minimum absolute atomic E-state index is 0.166. The highest BCUT2D eigenvalue weighted by molar-refractivity contribution is 5.76. The molecule has 2 saturated heterocycles. The van der Waals surface area contributed by atoms with Crippen LogP contribution in [-0.4, -0.2) is 45.4 Å². The SMILES string of the molecule is CC(C)[C@@H]1C[C@@H]([C@@H]2C[C@@H](C(C)(C)O)C(=O)O2)N(C(=O)OC(C)(C)C)[C@H]1c1ccccc1. The van der Waals surface area contributed by atoms with Crippen molar-refractivity contribution in [1.29, 1.82) is 0 Å². The second kappa shape index (κ2) is 8.45. The van der Waals surface area contributed by atoms with Crippen LogP contribution in [0.5, 0.6) is 0 Å². The molecular formula is C25H37NO5. The van der Waals surface area contributed by atoms with Gasteiger partial charge in [-0.15, -0.1) is 0 Å². The van der Waals surface area contributed by atoms with E-state index in [0.29, 0.717) is 18.8 Å². The zero-order chi connectivity index (χ0) is 23.1. The van der Waals surface area contributed by atoms with E-state index in [2.05, 4.69) is 13.8 Å². The van der Waals surface area contributed by atoms with Crippen LogP contribution in [0, 0.1) is 17.8 Å². The molecule has 2 heterocycles. The lowest BCUT2D eigenvalue weighted by Crippen LogP contribution is -2.46. The van der Waals surface area contributed by atoms with Crippen molar-refractivity contribution in [2.45, 2.75) is 90.7 Å². The summed E-state index contributed by atoms with van der Waals surface area (Å²) in [7, 11) is 0. The molecule has 31 heavy (non-hydrogen) atoms. The molecule has 1 amide bonds. The standard InChI is InChI=1S/C25H37NO5/c1-15(2)17-13-19(20-14-18(22(27)30-20)25(6,7)29)26(23(28)31-24(3,4)5)21(17)16-11-9-8-10-12-16/h8-12,15,17-21,29H,13-14H2,1-7H3/t17-,18+,19-,20-,21-/m0/s1. The Morgan fingerprint density at radius 3 is 2.23 bits per heavy atom. The van der Waals surface area contributed by atoms with E-state index in [0.717, 1.165) is 5.56 Å². The fourth-order valence-corrected chi connectivity index (χ4v) is 4.94. The maximum Gasteiger partial charge on any atom is 0.411 e. The van der Waals surface area contributed by atoms with Gasteiger partial charge in [-0.25, -0.2) is 4.79 Å². The summed E-state index contributed by atoms with van der Waals surface area (Å²) in [6.07, 6.45) is 0.245. The first-order valence-electron chi connectivity index (χ1n) is 11.3. The molecular weight excluding hydrogens is 394 g/mol. The quantitative estimate of drug-likeness (QED) is 0.699. The minimum atomic E-state index is -1.17. The summed E-state index contributed by atoms with van der Waals surface area (Å²) in [4.78, 5) is 27.8. The molecule has 1 aromatic carbocycles. The Kier molecular flexibility index (Phi) is 6.43. The average molecular weight is 432 g/mol. The van der Waals surface area contributed by atoms with Crippen LogP contribution in [0.25, 0.3) is 0 Å². The predicted octanol–water partition coefficient (Wildman–Crippen LogP) is 4.71. The molecule has 0 aliphatic carbocycles. The van der Waals surface area contributed by atoms with Gasteiger partial charge in [-0.2, -0.15) is 0 Å². The zero-order valence-corrected chi connectivity index (χ0v) is 19.8. The van der Waals surface area contributed by atoms with Crippen molar-refractivity contribution in [3.8, 4) is 0 Å². The van der Waals surface area contributed by atoms with Gasteiger partial charge in [0.15, 0.2) is 0 Å². The van der Waals surface area contributed by atoms with E-state index in [-0.39, 0.29) is 18.0 Å². The molecule has 0 unspecified atom stereocenters. The van der Waals surface area contributed by atoms with Gasteiger partial charge in [0.1, 0.15) is 11.7 Å². The van der Waals surface area contributed by atoms with Gasteiger partial charge < -0.3 is 14.6 Å². The second-order valence-electron chi connectivity index (χ2n) is 10.9. The number of hydrogen-bond acceptors (Lipinski definition) is 5. The van der Waals surface area contributed by atoms with Crippen molar-refractivity contribution in [3.05, 3.63) is 35.9 Å². The monoisotopic (exact) mass is 431 g/mol. The highest BCUT2D eigenvalue weighted by atomic mass is 16.6. The number of benzene rings is 1. The molecule has 2 fully saturated rings. The van der Waals surface area contributed by atoms with E-state index in [9.17, 15) is 14.7 Å². The molecule has 0 saturated carbocycles. The summed E-state index contributed by atoms with van der Waals surface area (Å²) >= 11 is 0. The van der Waals surface area contributed by atoms with Crippen molar-refractivity contribution in [1.82, 2.24) is 4.90 Å². The van der Waals surface area contributed by atoms with Gasteiger partial charge in [-0.05, 0) is 58.4 Å². The van der Waals surface area contributed by atoms with Gasteiger partial charge in [0.2, 0.25) is 0 Å². The third-order valence-corrected chi connectivity index (χ3v) is 6.48. The van der Waals surface area contributed by atoms with Gasteiger partial charge in [0, 0.05) is 6.42 Å². The van der Waals surface area contributed by atoms with Crippen LogP contribution < -0.4 is 0 Å². The fourth-order valence-electron chi connectivity index (χ4n) is 4.94. The van der Waals surface area contributed by atoms with Gasteiger partial charge in [0.25, 0.3) is 0 Å². The molecule has 0 spiro atoms. The number of ether oxygens (including phenoxy) is 2. The molecule has 2 aliphatic rings. The van der Waals surface area contributed by atoms with Crippen molar-refractivity contribution >= 4 is 12.1 Å². The van der Waals surface area contributed by atoms with E-state index < -0.39 is 35.3 Å². The predicted molar refractivity (Wildman–Crippen MR) is 118 cm³/mol. The largest absolute Gasteiger partial charge is 0.460 e. The Morgan fingerprint density at radius 2 is 1.74 bits per heavy atom. The Balaban J connectivity index is 2.00. The van der Waals surface area contributed by atoms with Crippen LogP contribution >= 0.6 is 0 Å². The molecule has 0 bridgehead atoms. The van der Waals surface area contributed by atoms with Crippen molar-refractivity contribution in [2.75, 3.05) is 0 Å². The van der Waals surface area contributed by atoms with Crippen molar-refractivity contribution in [2.24, 2.45) is 17.8 Å². The smallest absolute Gasteiger partial charge is 0.411 e. The number of cyclic esters (lactones) is 1. The fraction of sp³-hybridized carbons (Fsp3) is 0.680. The summed E-state index contributed by atoms with van der Waals surface area (Å²) < 4.78 is 11.6. The van der Waals surface area contributed by atoms with E-state index in [1.165, 1.54) is 0 Å². The first-order valence-corrected chi connectivity index (χ1v) is 11.3. The Morgan fingerprint density at radius 1 is 1.13 bits per heavy atom. The van der Waals surface area contributed by atoms with E-state index >= 15 is 0 Å². The summed E-state index contributed by atoms with van der Waals surface area (Å²) in [6.45, 7) is 13.2. The summed E-state index contributed by atoms with van der Waals surface area (Å²) in [6, 6.07) is 9.54. The molecule has 2 aliphatic heterocycles. The minimum Gasteiger partial charge on any atom is -0.460 e. The maximum absolute atomic E-state index is 13.5. The van der Waals surface area contributed by atoms with E-state index in [1.54, 1.807) is 18.7 Å². The molecule has 3 rings (SSSR count). The van der Waals surface area contributed by atoms with Gasteiger partial charge >= 0.3 is 12.1 Å². The van der Waals surface area contributed by atoms with Crippen LogP contribution in [0.1, 0.15) is 72.9 Å².